The van der Waals surface area contributed by atoms with Crippen molar-refractivity contribution >= 4 is 5.78 Å². The van der Waals surface area contributed by atoms with E-state index in [1.807, 2.05) is 49.3 Å². The summed E-state index contributed by atoms with van der Waals surface area (Å²) >= 11 is 0. The lowest BCUT2D eigenvalue weighted by Gasteiger charge is -2.27. The van der Waals surface area contributed by atoms with Gasteiger partial charge in [-0.05, 0) is 19.7 Å². The SMILES string of the molecule is CN(C)Cc1c(O)cc2c(c1O)C(=O)C[C@@H](c1ccccc1)O2. The zero-order chi connectivity index (χ0) is 16.6. The van der Waals surface area contributed by atoms with E-state index in [2.05, 4.69) is 0 Å². The second kappa shape index (κ2) is 5.93. The minimum Gasteiger partial charge on any atom is -0.507 e. The van der Waals surface area contributed by atoms with Crippen LogP contribution in [-0.2, 0) is 6.54 Å². The van der Waals surface area contributed by atoms with Gasteiger partial charge in [-0.15, -0.1) is 0 Å². The number of ether oxygens (including phenoxy) is 1. The fourth-order valence-corrected chi connectivity index (χ4v) is 2.83. The van der Waals surface area contributed by atoms with Crippen LogP contribution in [0.1, 0.15) is 34.0 Å². The van der Waals surface area contributed by atoms with Crippen LogP contribution in [0.25, 0.3) is 0 Å². The van der Waals surface area contributed by atoms with Crippen LogP contribution in [0, 0.1) is 0 Å². The second-order valence-corrected chi connectivity index (χ2v) is 5.98. The predicted molar refractivity (Wildman–Crippen MR) is 85.9 cm³/mol. The monoisotopic (exact) mass is 313 g/mol. The number of aromatic hydroxyl groups is 2. The summed E-state index contributed by atoms with van der Waals surface area (Å²) in [5.74, 6) is -0.216. The molecular formula is C18H19NO4. The van der Waals surface area contributed by atoms with Gasteiger partial charge in [0.05, 0.1) is 12.0 Å². The number of phenols is 2. The lowest BCUT2D eigenvalue weighted by molar-refractivity contribution is 0.0844. The van der Waals surface area contributed by atoms with Crippen LogP contribution in [0.5, 0.6) is 17.2 Å². The minimum absolute atomic E-state index is 0.0727. The maximum absolute atomic E-state index is 12.5. The van der Waals surface area contributed by atoms with E-state index in [4.69, 9.17) is 4.74 Å². The van der Waals surface area contributed by atoms with Gasteiger partial charge in [-0.2, -0.15) is 0 Å². The molecule has 0 saturated heterocycles. The molecule has 2 aromatic rings. The van der Waals surface area contributed by atoms with Gasteiger partial charge in [-0.25, -0.2) is 0 Å². The highest BCUT2D eigenvalue weighted by Gasteiger charge is 2.32. The van der Waals surface area contributed by atoms with Crippen LogP contribution >= 0.6 is 0 Å². The van der Waals surface area contributed by atoms with Gasteiger partial charge in [0, 0.05) is 12.6 Å². The number of benzene rings is 2. The molecule has 0 saturated carbocycles. The standard InChI is InChI=1S/C18H19NO4/c1-19(2)10-12-13(20)8-16-17(18(12)22)14(21)9-15(23-16)11-6-4-3-5-7-11/h3-8,15,20,22H,9-10H2,1-2H3/t15-/m0/s1. The number of nitrogens with zero attached hydrogens (tertiary/aromatic N) is 1. The largest absolute Gasteiger partial charge is 0.507 e. The average molecular weight is 313 g/mol. The van der Waals surface area contributed by atoms with Crippen molar-refractivity contribution in [2.75, 3.05) is 14.1 Å². The molecule has 0 amide bonds. The number of carbonyl (C=O) groups excluding carboxylic acids is 1. The van der Waals surface area contributed by atoms with Gasteiger partial charge in [0.15, 0.2) is 5.78 Å². The van der Waals surface area contributed by atoms with Gasteiger partial charge in [-0.3, -0.25) is 4.79 Å². The first-order valence-electron chi connectivity index (χ1n) is 7.44. The molecule has 1 aliphatic heterocycles. The van der Waals surface area contributed by atoms with E-state index in [0.29, 0.717) is 12.1 Å². The van der Waals surface area contributed by atoms with Gasteiger partial charge in [0.1, 0.15) is 28.9 Å². The van der Waals surface area contributed by atoms with Crippen molar-refractivity contribution < 1.29 is 19.7 Å². The zero-order valence-corrected chi connectivity index (χ0v) is 13.1. The molecule has 0 aromatic heterocycles. The van der Waals surface area contributed by atoms with Crippen molar-refractivity contribution in [2.24, 2.45) is 0 Å². The maximum atomic E-state index is 12.5. The summed E-state index contributed by atoms with van der Waals surface area (Å²) in [6, 6.07) is 10.9. The summed E-state index contributed by atoms with van der Waals surface area (Å²) in [7, 11) is 3.64. The molecule has 2 N–H and O–H groups in total. The van der Waals surface area contributed by atoms with E-state index >= 15 is 0 Å². The van der Waals surface area contributed by atoms with Gasteiger partial charge >= 0.3 is 0 Å². The smallest absolute Gasteiger partial charge is 0.174 e. The molecule has 2 aromatic carbocycles. The van der Waals surface area contributed by atoms with Crippen LogP contribution in [0.4, 0.5) is 0 Å². The number of ketones is 1. The fraction of sp³-hybridized carbons (Fsp3) is 0.278. The molecule has 1 heterocycles. The van der Waals surface area contributed by atoms with Crippen molar-refractivity contribution in [3.05, 3.63) is 53.1 Å². The van der Waals surface area contributed by atoms with Crippen LogP contribution in [0.3, 0.4) is 0 Å². The normalized spacial score (nSPS) is 17.0. The van der Waals surface area contributed by atoms with E-state index in [9.17, 15) is 15.0 Å². The number of Topliss-reactive ketones (excluding diaryl/α,β-unsaturated/α-hetero) is 1. The molecule has 0 bridgehead atoms. The Kier molecular flexibility index (Phi) is 3.96. The summed E-state index contributed by atoms with van der Waals surface area (Å²) in [5.41, 5.74) is 1.39. The number of phenolic OH excluding ortho intramolecular Hbond substituents is 2. The van der Waals surface area contributed by atoms with Crippen molar-refractivity contribution in [1.82, 2.24) is 4.90 Å². The van der Waals surface area contributed by atoms with Crippen LogP contribution in [0.2, 0.25) is 0 Å². The summed E-state index contributed by atoms with van der Waals surface area (Å²) in [6.07, 6.45) is -0.244. The van der Waals surface area contributed by atoms with E-state index in [0.717, 1.165) is 5.56 Å². The molecule has 0 aliphatic carbocycles. The quantitative estimate of drug-likeness (QED) is 0.912. The average Bonchev–Trinajstić information content (AvgIpc) is 2.51. The first kappa shape index (κ1) is 15.4. The van der Waals surface area contributed by atoms with Crippen molar-refractivity contribution in [3.63, 3.8) is 0 Å². The number of rotatable bonds is 3. The molecule has 5 nitrogen and oxygen atoms in total. The second-order valence-electron chi connectivity index (χ2n) is 5.98. The molecule has 0 unspecified atom stereocenters. The Bertz CT molecular complexity index is 740. The summed E-state index contributed by atoms with van der Waals surface area (Å²) in [5, 5.41) is 20.6. The molecule has 0 fully saturated rings. The molecule has 3 rings (SSSR count). The van der Waals surface area contributed by atoms with Gasteiger partial charge in [0.25, 0.3) is 0 Å². The third-order valence-electron chi connectivity index (χ3n) is 3.91. The van der Waals surface area contributed by atoms with Crippen LogP contribution < -0.4 is 4.74 Å². The van der Waals surface area contributed by atoms with E-state index in [-0.39, 0.29) is 35.0 Å². The van der Waals surface area contributed by atoms with Crippen LogP contribution in [-0.4, -0.2) is 35.0 Å². The Balaban J connectivity index is 2.02. The molecule has 0 radical (unpaired) electrons. The number of hydrogen-bond acceptors (Lipinski definition) is 5. The number of carbonyl (C=O) groups is 1. The molecule has 1 atom stereocenters. The molecule has 120 valence electrons. The first-order valence-corrected chi connectivity index (χ1v) is 7.44. The Morgan fingerprint density at radius 2 is 1.91 bits per heavy atom. The summed E-state index contributed by atoms with van der Waals surface area (Å²) in [6.45, 7) is 0.334. The molecule has 5 heteroatoms. The summed E-state index contributed by atoms with van der Waals surface area (Å²) in [4.78, 5) is 14.3. The van der Waals surface area contributed by atoms with E-state index < -0.39 is 6.10 Å². The third kappa shape index (κ3) is 2.87. The fourth-order valence-electron chi connectivity index (χ4n) is 2.83. The Morgan fingerprint density at radius 3 is 2.57 bits per heavy atom. The third-order valence-corrected chi connectivity index (χ3v) is 3.91. The molecular weight excluding hydrogens is 294 g/mol. The Morgan fingerprint density at radius 1 is 1.22 bits per heavy atom. The van der Waals surface area contributed by atoms with Crippen molar-refractivity contribution in [2.45, 2.75) is 19.1 Å². The first-order chi connectivity index (χ1) is 11.0. The van der Waals surface area contributed by atoms with E-state index in [1.165, 1.54) is 6.07 Å². The number of fused-ring (bicyclic) bond motifs is 1. The van der Waals surface area contributed by atoms with Gasteiger partial charge in [0.2, 0.25) is 0 Å². The predicted octanol–water partition coefficient (Wildman–Crippen LogP) is 2.87. The van der Waals surface area contributed by atoms with Crippen molar-refractivity contribution in [3.8, 4) is 17.2 Å². The van der Waals surface area contributed by atoms with Crippen LogP contribution in [0.15, 0.2) is 36.4 Å². The highest BCUT2D eigenvalue weighted by Crippen LogP contribution is 2.44. The van der Waals surface area contributed by atoms with Gasteiger partial charge in [-0.1, -0.05) is 30.3 Å². The van der Waals surface area contributed by atoms with E-state index in [1.54, 1.807) is 0 Å². The highest BCUT2D eigenvalue weighted by molar-refractivity contribution is 6.03. The minimum atomic E-state index is -0.408. The lowest BCUT2D eigenvalue weighted by Crippen LogP contribution is -2.21. The molecule has 0 spiro atoms. The Labute approximate surface area is 134 Å². The zero-order valence-electron chi connectivity index (χ0n) is 13.1. The van der Waals surface area contributed by atoms with Gasteiger partial charge < -0.3 is 19.8 Å². The Hall–Kier alpha value is -2.53. The van der Waals surface area contributed by atoms with Crippen molar-refractivity contribution in [1.29, 1.82) is 0 Å². The summed E-state index contributed by atoms with van der Waals surface area (Å²) < 4.78 is 5.86. The molecule has 23 heavy (non-hydrogen) atoms. The lowest BCUT2D eigenvalue weighted by atomic mass is 9.93. The topological polar surface area (TPSA) is 70.0 Å². The maximum Gasteiger partial charge on any atom is 0.174 e. The highest BCUT2D eigenvalue weighted by atomic mass is 16.5. The number of hydrogen-bond donors (Lipinski definition) is 2. The molecule has 1 aliphatic rings.